The summed E-state index contributed by atoms with van der Waals surface area (Å²) in [7, 11) is -2.30. The third kappa shape index (κ3) is 4.37. The fourth-order valence-electron chi connectivity index (χ4n) is 4.15. The van der Waals surface area contributed by atoms with Gasteiger partial charge in [-0.15, -0.1) is 0 Å². The van der Waals surface area contributed by atoms with Gasteiger partial charge in [0.05, 0.1) is 24.6 Å². The summed E-state index contributed by atoms with van der Waals surface area (Å²) < 4.78 is 73.0. The number of carbonyl (C=O) groups is 1. The number of rotatable bonds is 5. The Morgan fingerprint density at radius 1 is 1.33 bits per heavy atom. The average Bonchev–Trinajstić information content (AvgIpc) is 3.27. The van der Waals surface area contributed by atoms with E-state index in [0.717, 1.165) is 16.9 Å². The van der Waals surface area contributed by atoms with E-state index in [1.165, 1.54) is 32.4 Å². The van der Waals surface area contributed by atoms with Gasteiger partial charge in [0.15, 0.2) is 6.04 Å². The summed E-state index contributed by atoms with van der Waals surface area (Å²) in [4.78, 5) is 17.4. The molecular formula is C22H23F3N6O4S. The zero-order chi connectivity index (χ0) is 26.6. The number of aromatic nitrogens is 3. The van der Waals surface area contributed by atoms with Crippen LogP contribution in [0, 0.1) is 11.7 Å². The molecule has 14 heteroatoms. The number of fused-ring (bicyclic) bond motifs is 1. The number of carbonyl (C=O) groups excluding carboxylic acids is 1. The first-order chi connectivity index (χ1) is 16.6. The van der Waals surface area contributed by atoms with E-state index >= 15 is 0 Å². The predicted octanol–water partition coefficient (Wildman–Crippen LogP) is 3.91. The van der Waals surface area contributed by atoms with Gasteiger partial charge in [-0.3, -0.25) is 4.79 Å². The van der Waals surface area contributed by atoms with Crippen LogP contribution in [0.5, 0.6) is 11.8 Å². The number of alkyl halides is 3. The Morgan fingerprint density at radius 3 is 2.64 bits per heavy atom. The smallest absolute Gasteiger partial charge is 0.416 e. The molecule has 0 fully saturated rings. The molecule has 3 aromatic rings. The Kier molecular flexibility index (Phi) is 5.99. The van der Waals surface area contributed by atoms with Crippen molar-refractivity contribution in [3.63, 3.8) is 0 Å². The number of hydrogen-bond acceptors (Lipinski definition) is 7. The van der Waals surface area contributed by atoms with Crippen LogP contribution in [0.4, 0.5) is 18.9 Å². The number of benzene rings is 1. The second kappa shape index (κ2) is 8.48. The molecule has 0 spiro atoms. The van der Waals surface area contributed by atoms with Gasteiger partial charge in [-0.2, -0.15) is 18.3 Å². The minimum Gasteiger partial charge on any atom is -0.481 e. The highest BCUT2D eigenvalue weighted by atomic mass is 32.2. The first kappa shape index (κ1) is 25.4. The van der Waals surface area contributed by atoms with Crippen LogP contribution >= 0.6 is 0 Å². The van der Waals surface area contributed by atoms with Gasteiger partial charge in [0.1, 0.15) is 20.4 Å². The Bertz CT molecular complexity index is 1470. The molecule has 1 aromatic carbocycles. The molecule has 0 aliphatic carbocycles. The molecule has 0 saturated heterocycles. The topological polar surface area (TPSA) is 145 Å². The quantitative estimate of drug-likeness (QED) is 0.461. The highest BCUT2D eigenvalue weighted by Gasteiger charge is 2.49. The summed E-state index contributed by atoms with van der Waals surface area (Å²) in [6.45, 7) is 4.38. The molecular weight excluding hydrogens is 501 g/mol. The number of halogens is 3. The molecule has 1 aliphatic heterocycles. The predicted molar refractivity (Wildman–Crippen MR) is 124 cm³/mol. The van der Waals surface area contributed by atoms with Crippen molar-refractivity contribution in [3.05, 3.63) is 47.8 Å². The molecule has 2 aromatic heterocycles. The van der Waals surface area contributed by atoms with E-state index in [-0.39, 0.29) is 27.9 Å². The number of nitrogens with zero attached hydrogens (tertiary/aromatic N) is 3. The monoisotopic (exact) mass is 524 g/mol. The second-order valence-corrected chi connectivity index (χ2v) is 10.3. The van der Waals surface area contributed by atoms with Crippen molar-refractivity contribution in [1.82, 2.24) is 14.8 Å². The van der Waals surface area contributed by atoms with Gasteiger partial charge in [0, 0.05) is 17.8 Å². The van der Waals surface area contributed by atoms with Crippen LogP contribution in [0.3, 0.4) is 0 Å². The summed E-state index contributed by atoms with van der Waals surface area (Å²) in [5.74, 6) is -0.601. The molecule has 36 heavy (non-hydrogen) atoms. The van der Waals surface area contributed by atoms with Crippen molar-refractivity contribution in [2.45, 2.75) is 43.5 Å². The molecule has 0 saturated carbocycles. The van der Waals surface area contributed by atoms with E-state index in [0.29, 0.717) is 11.1 Å². The molecule has 192 valence electrons. The van der Waals surface area contributed by atoms with Crippen molar-refractivity contribution >= 4 is 21.5 Å². The van der Waals surface area contributed by atoms with E-state index in [1.54, 1.807) is 19.9 Å². The number of methoxy groups -OCH3 is 1. The van der Waals surface area contributed by atoms with Gasteiger partial charge in [0.2, 0.25) is 11.8 Å². The van der Waals surface area contributed by atoms with E-state index < -0.39 is 39.2 Å². The maximum absolute atomic E-state index is 13.7. The summed E-state index contributed by atoms with van der Waals surface area (Å²) in [5.41, 5.74) is -1.65. The number of nitrogens with one attached hydrogen (secondary N) is 2. The molecule has 1 amide bonds. The van der Waals surface area contributed by atoms with Gasteiger partial charge < -0.3 is 14.8 Å². The van der Waals surface area contributed by atoms with Gasteiger partial charge in [-0.1, -0.05) is 6.07 Å². The number of pyridine rings is 1. The van der Waals surface area contributed by atoms with Crippen molar-refractivity contribution < 1.29 is 31.6 Å². The second-order valence-electron chi connectivity index (χ2n) is 8.70. The fourth-order valence-corrected chi connectivity index (χ4v) is 4.75. The molecule has 4 N–H and O–H groups in total. The average molecular weight is 525 g/mol. The Hall–Kier alpha value is -3.65. The minimum atomic E-state index is -4.66. The lowest BCUT2D eigenvalue weighted by atomic mass is 9.95. The number of anilines is 1. The highest BCUT2D eigenvalue weighted by Crippen LogP contribution is 2.44. The molecule has 2 unspecified atom stereocenters. The van der Waals surface area contributed by atoms with Crippen LogP contribution in [0.25, 0.3) is 11.1 Å². The SMILES string of the molecule is COc1cc(-c2ccc(C(F)(F)F)c(C)c2NC(=O)C2n3ncc(S(=N)(N)=O)c3OC2(C)C)ccn1. The first-order valence-electron chi connectivity index (χ1n) is 10.5. The van der Waals surface area contributed by atoms with E-state index in [9.17, 15) is 22.2 Å². The van der Waals surface area contributed by atoms with Crippen LogP contribution < -0.4 is 19.9 Å². The number of ether oxygens (including phenoxy) is 2. The molecule has 3 heterocycles. The molecule has 4 rings (SSSR count). The first-order valence-corrected chi connectivity index (χ1v) is 12.1. The van der Waals surface area contributed by atoms with Crippen molar-refractivity contribution in [1.29, 1.82) is 4.78 Å². The summed E-state index contributed by atoms with van der Waals surface area (Å²) in [5, 5.41) is 12.1. The molecule has 2 atom stereocenters. The van der Waals surface area contributed by atoms with Crippen LogP contribution in [0.2, 0.25) is 0 Å². The third-order valence-corrected chi connectivity index (χ3v) is 6.76. The van der Waals surface area contributed by atoms with Crippen LogP contribution in [0.15, 0.2) is 41.6 Å². The zero-order valence-corrected chi connectivity index (χ0v) is 20.5. The number of nitrogens with two attached hydrogens (primary N) is 1. The lowest BCUT2D eigenvalue weighted by Gasteiger charge is -2.26. The fraction of sp³-hybridized carbons (Fsp3) is 0.318. The zero-order valence-electron chi connectivity index (χ0n) is 19.6. The van der Waals surface area contributed by atoms with E-state index in [1.807, 2.05) is 0 Å². The summed E-state index contributed by atoms with van der Waals surface area (Å²) in [6.07, 6.45) is -2.15. The lowest BCUT2D eigenvalue weighted by Crippen LogP contribution is -2.40. The maximum Gasteiger partial charge on any atom is 0.416 e. The molecule has 10 nitrogen and oxygen atoms in total. The molecule has 0 bridgehead atoms. The highest BCUT2D eigenvalue weighted by molar-refractivity contribution is 7.90. The maximum atomic E-state index is 13.7. The Morgan fingerprint density at radius 2 is 2.03 bits per heavy atom. The largest absolute Gasteiger partial charge is 0.481 e. The van der Waals surface area contributed by atoms with Crippen LogP contribution in [-0.4, -0.2) is 37.6 Å². The third-order valence-electron chi connectivity index (χ3n) is 5.83. The molecule has 0 radical (unpaired) electrons. The van der Waals surface area contributed by atoms with Crippen LogP contribution in [-0.2, 0) is 20.9 Å². The number of hydrogen-bond donors (Lipinski definition) is 3. The lowest BCUT2D eigenvalue weighted by molar-refractivity contribution is -0.138. The van der Waals surface area contributed by atoms with Gasteiger partial charge in [-0.25, -0.2) is 23.8 Å². The minimum absolute atomic E-state index is 0.0668. The van der Waals surface area contributed by atoms with E-state index in [2.05, 4.69) is 15.4 Å². The Balaban J connectivity index is 1.83. The summed E-state index contributed by atoms with van der Waals surface area (Å²) >= 11 is 0. The van der Waals surface area contributed by atoms with Crippen molar-refractivity contribution in [2.75, 3.05) is 12.4 Å². The van der Waals surface area contributed by atoms with Crippen molar-refractivity contribution in [3.8, 4) is 22.9 Å². The van der Waals surface area contributed by atoms with E-state index in [4.69, 9.17) is 19.4 Å². The molecule has 1 aliphatic rings. The van der Waals surface area contributed by atoms with Crippen LogP contribution in [0.1, 0.15) is 31.0 Å². The number of amides is 1. The van der Waals surface area contributed by atoms with Gasteiger partial charge in [0.25, 0.3) is 5.91 Å². The Labute approximate surface area is 204 Å². The standard InChI is InChI=1S/C22H23F3N6O4S/c1-11-14(22(23,24)25)6-5-13(12-7-8-28-16(9-12)34-4)17(11)30-19(32)18-21(2,3)35-20-15(36(26,27)33)10-29-31(18)20/h5-10,18H,1-4H3,(H,30,32)(H3,26,27,33). The van der Waals surface area contributed by atoms with Gasteiger partial charge in [-0.05, 0) is 44.0 Å². The van der Waals surface area contributed by atoms with Crippen molar-refractivity contribution in [2.24, 2.45) is 5.14 Å². The van der Waals surface area contributed by atoms with Gasteiger partial charge >= 0.3 is 6.18 Å². The normalized spacial score (nSPS) is 18.2. The summed E-state index contributed by atoms with van der Waals surface area (Å²) in [6, 6.07) is 4.14.